The van der Waals surface area contributed by atoms with Crippen LogP contribution in [0.1, 0.15) is 45.4 Å². The standard InChI is InChI=1S/C25H34O11/c1-10-7-23-9-24(10,33)5-3-12(23)25-6-4-13(22(2,21(32)36-25)18(25)14(23)19(30)31)35-20-17(29)16(28)15(27)11(8-26)34-20/h11-18,20,26-29,33H,1,3-9H2,2H3,(H,30,31). The molecule has 6 rings (SSSR count). The average molecular weight is 511 g/mol. The summed E-state index contributed by atoms with van der Waals surface area (Å²) in [5.74, 6) is -3.58. The van der Waals surface area contributed by atoms with E-state index in [-0.39, 0.29) is 12.3 Å². The highest BCUT2D eigenvalue weighted by molar-refractivity contribution is 5.85. The van der Waals surface area contributed by atoms with Crippen LogP contribution in [0, 0.1) is 28.6 Å². The first-order valence-corrected chi connectivity index (χ1v) is 12.7. The zero-order valence-electron chi connectivity index (χ0n) is 20.1. The van der Waals surface area contributed by atoms with Crippen LogP contribution in [0.2, 0.25) is 0 Å². The number of hydrogen-bond donors (Lipinski definition) is 6. The van der Waals surface area contributed by atoms with Crippen LogP contribution < -0.4 is 0 Å². The Bertz CT molecular complexity index is 1010. The molecule has 4 bridgehead atoms. The molecule has 4 aliphatic carbocycles. The number of aliphatic carboxylic acids is 1. The fourth-order valence-electron chi connectivity index (χ4n) is 9.18. The van der Waals surface area contributed by atoms with Gasteiger partial charge in [-0.05, 0) is 56.4 Å². The second kappa shape index (κ2) is 7.49. The molecule has 36 heavy (non-hydrogen) atoms. The lowest BCUT2D eigenvalue weighted by molar-refractivity contribution is -0.322. The minimum absolute atomic E-state index is 0.241. The number of carboxylic acid groups (broad SMARTS) is 1. The largest absolute Gasteiger partial charge is 0.481 e. The Kier molecular flexibility index (Phi) is 5.15. The van der Waals surface area contributed by atoms with Crippen LogP contribution in [0.15, 0.2) is 12.2 Å². The van der Waals surface area contributed by atoms with Crippen LogP contribution >= 0.6 is 0 Å². The van der Waals surface area contributed by atoms with Gasteiger partial charge < -0.3 is 44.8 Å². The molecule has 2 heterocycles. The number of aliphatic hydroxyl groups is 5. The van der Waals surface area contributed by atoms with Gasteiger partial charge in [-0.15, -0.1) is 0 Å². The second-order valence-corrected chi connectivity index (χ2v) is 12.1. The Hall–Kier alpha value is -1.60. The average Bonchev–Trinajstić information content (AvgIpc) is 3.24. The van der Waals surface area contributed by atoms with Crippen LogP contribution in [-0.4, -0.2) is 97.2 Å². The van der Waals surface area contributed by atoms with E-state index in [9.17, 15) is 40.2 Å². The fraction of sp³-hybridized carbons (Fsp3) is 0.840. The van der Waals surface area contributed by atoms with Crippen molar-refractivity contribution in [2.24, 2.45) is 28.6 Å². The molecule has 2 saturated heterocycles. The number of carbonyl (C=O) groups is 2. The highest BCUT2D eigenvalue weighted by atomic mass is 16.7. The van der Waals surface area contributed by atoms with Crippen molar-refractivity contribution >= 4 is 11.9 Å². The van der Waals surface area contributed by atoms with Gasteiger partial charge in [0.05, 0.1) is 29.6 Å². The van der Waals surface area contributed by atoms with Crippen LogP contribution in [0.4, 0.5) is 0 Å². The zero-order chi connectivity index (χ0) is 26.0. The molecule has 0 radical (unpaired) electrons. The Morgan fingerprint density at radius 2 is 1.89 bits per heavy atom. The van der Waals surface area contributed by atoms with Crippen LogP contribution in [0.3, 0.4) is 0 Å². The Morgan fingerprint density at radius 3 is 2.56 bits per heavy atom. The van der Waals surface area contributed by atoms with Gasteiger partial charge in [-0.2, -0.15) is 0 Å². The van der Waals surface area contributed by atoms with Crippen molar-refractivity contribution in [2.45, 2.75) is 93.5 Å². The molecule has 6 fully saturated rings. The number of rotatable bonds is 4. The molecule has 11 heteroatoms. The summed E-state index contributed by atoms with van der Waals surface area (Å²) in [6, 6.07) is 0. The zero-order valence-corrected chi connectivity index (χ0v) is 20.1. The molecule has 0 aromatic heterocycles. The summed E-state index contributed by atoms with van der Waals surface area (Å²) in [4.78, 5) is 26.4. The summed E-state index contributed by atoms with van der Waals surface area (Å²) in [5, 5.41) is 62.1. The van der Waals surface area contributed by atoms with E-state index in [1.165, 1.54) is 0 Å². The predicted molar refractivity (Wildman–Crippen MR) is 118 cm³/mol. The molecule has 4 saturated carbocycles. The maximum absolute atomic E-state index is 13.5. The molecule has 6 N–H and O–H groups in total. The molecule has 0 aromatic carbocycles. The maximum Gasteiger partial charge on any atom is 0.315 e. The van der Waals surface area contributed by atoms with Crippen molar-refractivity contribution in [3.8, 4) is 0 Å². The first kappa shape index (κ1) is 24.7. The van der Waals surface area contributed by atoms with Gasteiger partial charge in [-0.3, -0.25) is 9.59 Å². The molecule has 200 valence electrons. The summed E-state index contributed by atoms with van der Waals surface area (Å²) in [5.41, 5.74) is -3.68. The van der Waals surface area contributed by atoms with Crippen molar-refractivity contribution in [1.82, 2.24) is 0 Å². The molecule has 6 aliphatic rings. The van der Waals surface area contributed by atoms with Gasteiger partial charge >= 0.3 is 11.9 Å². The van der Waals surface area contributed by atoms with E-state index in [0.29, 0.717) is 37.7 Å². The number of carbonyl (C=O) groups excluding carboxylic acids is 1. The minimum Gasteiger partial charge on any atom is -0.481 e. The van der Waals surface area contributed by atoms with E-state index in [4.69, 9.17) is 14.2 Å². The molecule has 11 nitrogen and oxygen atoms in total. The quantitative estimate of drug-likeness (QED) is 0.203. The van der Waals surface area contributed by atoms with Gasteiger partial charge in [0, 0.05) is 11.8 Å². The molecule has 13 unspecified atom stereocenters. The lowest BCUT2D eigenvalue weighted by Crippen LogP contribution is -2.62. The number of carboxylic acids is 1. The van der Waals surface area contributed by atoms with E-state index < -0.39 is 89.2 Å². The van der Waals surface area contributed by atoms with Gasteiger partial charge in [-0.25, -0.2) is 0 Å². The van der Waals surface area contributed by atoms with E-state index in [1.807, 2.05) is 0 Å². The fourth-order valence-corrected chi connectivity index (χ4v) is 9.18. The molecule has 0 amide bonds. The Morgan fingerprint density at radius 1 is 1.17 bits per heavy atom. The summed E-state index contributed by atoms with van der Waals surface area (Å²) in [6.45, 7) is 5.08. The van der Waals surface area contributed by atoms with E-state index in [2.05, 4.69) is 6.58 Å². The normalized spacial score (nSPS) is 57.3. The number of esters is 1. The third-order valence-corrected chi connectivity index (χ3v) is 10.7. The first-order chi connectivity index (χ1) is 16.9. The monoisotopic (exact) mass is 510 g/mol. The van der Waals surface area contributed by atoms with Gasteiger partial charge in [0.15, 0.2) is 6.29 Å². The number of hydrogen-bond acceptors (Lipinski definition) is 10. The molecule has 13 atom stereocenters. The SMILES string of the molecule is C=C1CC23CC1(O)CCC2C12CCC(OC4OC(CO)C(O)C(O)C4O)C(C)(C(=O)O1)C2C3C(=O)O. The van der Waals surface area contributed by atoms with Crippen molar-refractivity contribution in [2.75, 3.05) is 6.61 Å². The number of fused-ring (bicyclic) bond motifs is 1. The molecule has 0 aromatic rings. The smallest absolute Gasteiger partial charge is 0.315 e. The first-order valence-electron chi connectivity index (χ1n) is 12.7. The number of ether oxygens (including phenoxy) is 3. The van der Waals surface area contributed by atoms with E-state index in [1.54, 1.807) is 6.92 Å². The van der Waals surface area contributed by atoms with Crippen molar-refractivity contribution in [3.63, 3.8) is 0 Å². The molecule has 2 aliphatic heterocycles. The van der Waals surface area contributed by atoms with Crippen molar-refractivity contribution in [3.05, 3.63) is 12.2 Å². The summed E-state index contributed by atoms with van der Waals surface area (Å²) in [7, 11) is 0. The topological polar surface area (TPSA) is 183 Å². The van der Waals surface area contributed by atoms with Crippen molar-refractivity contribution < 1.29 is 54.4 Å². The van der Waals surface area contributed by atoms with Gasteiger partial charge in [-0.1, -0.05) is 6.58 Å². The van der Waals surface area contributed by atoms with E-state index in [0.717, 1.165) is 0 Å². The molecular formula is C25H34O11. The highest BCUT2D eigenvalue weighted by Crippen LogP contribution is 2.78. The predicted octanol–water partition coefficient (Wildman–Crippen LogP) is -0.925. The lowest BCUT2D eigenvalue weighted by Gasteiger charge is -2.48. The lowest BCUT2D eigenvalue weighted by atomic mass is 9.59. The van der Waals surface area contributed by atoms with Gasteiger partial charge in [0.2, 0.25) is 0 Å². The van der Waals surface area contributed by atoms with Gasteiger partial charge in [0.25, 0.3) is 0 Å². The molecular weight excluding hydrogens is 476 g/mol. The second-order valence-electron chi connectivity index (χ2n) is 12.1. The number of aliphatic hydroxyl groups excluding tert-OH is 4. The van der Waals surface area contributed by atoms with Gasteiger partial charge in [0.1, 0.15) is 30.0 Å². The third-order valence-electron chi connectivity index (χ3n) is 10.7. The van der Waals surface area contributed by atoms with Crippen LogP contribution in [0.25, 0.3) is 0 Å². The summed E-state index contributed by atoms with van der Waals surface area (Å²) in [6.07, 6.45) is -6.13. The summed E-state index contributed by atoms with van der Waals surface area (Å²) >= 11 is 0. The van der Waals surface area contributed by atoms with Crippen LogP contribution in [-0.2, 0) is 23.8 Å². The Labute approximate surface area is 207 Å². The Balaban J connectivity index is 1.39. The van der Waals surface area contributed by atoms with E-state index >= 15 is 0 Å². The van der Waals surface area contributed by atoms with Crippen LogP contribution in [0.5, 0.6) is 0 Å². The summed E-state index contributed by atoms with van der Waals surface area (Å²) < 4.78 is 17.8. The molecule has 1 spiro atoms. The third kappa shape index (κ3) is 2.72. The maximum atomic E-state index is 13.5. The minimum atomic E-state index is -1.65. The highest BCUT2D eigenvalue weighted by Gasteiger charge is 2.84. The van der Waals surface area contributed by atoms with Crippen molar-refractivity contribution in [1.29, 1.82) is 0 Å².